The highest BCUT2D eigenvalue weighted by Crippen LogP contribution is 2.19. The SMILES string of the molecule is CC(C)(CNC(=O)c1ccc(-c2cnco2)cc1)C(=O)O. The first-order chi connectivity index (χ1) is 9.90. The summed E-state index contributed by atoms with van der Waals surface area (Å²) in [7, 11) is 0. The Morgan fingerprint density at radius 1 is 1.29 bits per heavy atom. The number of carboxylic acids is 1. The number of amides is 1. The van der Waals surface area contributed by atoms with Gasteiger partial charge in [-0.1, -0.05) is 12.1 Å². The lowest BCUT2D eigenvalue weighted by Gasteiger charge is -2.19. The molecule has 0 fully saturated rings. The van der Waals surface area contributed by atoms with Gasteiger partial charge in [-0.3, -0.25) is 9.59 Å². The quantitative estimate of drug-likeness (QED) is 0.879. The minimum atomic E-state index is -1.00. The van der Waals surface area contributed by atoms with E-state index in [1.807, 2.05) is 0 Å². The van der Waals surface area contributed by atoms with Gasteiger partial charge < -0.3 is 14.8 Å². The third-order valence-corrected chi connectivity index (χ3v) is 3.13. The summed E-state index contributed by atoms with van der Waals surface area (Å²) >= 11 is 0. The Morgan fingerprint density at radius 2 is 1.95 bits per heavy atom. The molecule has 2 N–H and O–H groups in total. The average molecular weight is 288 g/mol. The van der Waals surface area contributed by atoms with Crippen LogP contribution in [0.15, 0.2) is 41.3 Å². The molecular weight excluding hydrogens is 272 g/mol. The van der Waals surface area contributed by atoms with Crippen LogP contribution in [0.1, 0.15) is 24.2 Å². The van der Waals surface area contributed by atoms with Gasteiger partial charge in [0, 0.05) is 17.7 Å². The zero-order chi connectivity index (χ0) is 15.5. The van der Waals surface area contributed by atoms with Crippen molar-refractivity contribution in [1.82, 2.24) is 10.3 Å². The van der Waals surface area contributed by atoms with Crippen LogP contribution in [0.5, 0.6) is 0 Å². The minimum Gasteiger partial charge on any atom is -0.481 e. The highest BCUT2D eigenvalue weighted by Gasteiger charge is 2.27. The van der Waals surface area contributed by atoms with Crippen LogP contribution >= 0.6 is 0 Å². The van der Waals surface area contributed by atoms with E-state index in [-0.39, 0.29) is 12.5 Å². The summed E-state index contributed by atoms with van der Waals surface area (Å²) in [6, 6.07) is 6.80. The van der Waals surface area contributed by atoms with Crippen LogP contribution < -0.4 is 5.32 Å². The first-order valence-electron chi connectivity index (χ1n) is 6.41. The number of oxazole rings is 1. The molecule has 0 aliphatic heterocycles. The number of benzene rings is 1. The molecule has 0 saturated carbocycles. The Morgan fingerprint density at radius 3 is 2.48 bits per heavy atom. The minimum absolute atomic E-state index is 0.0605. The summed E-state index contributed by atoms with van der Waals surface area (Å²) in [4.78, 5) is 26.8. The molecule has 0 unspecified atom stereocenters. The van der Waals surface area contributed by atoms with E-state index >= 15 is 0 Å². The van der Waals surface area contributed by atoms with E-state index < -0.39 is 11.4 Å². The lowest BCUT2D eigenvalue weighted by Crippen LogP contribution is -2.38. The normalized spacial score (nSPS) is 11.1. The molecule has 0 saturated heterocycles. The second-order valence-electron chi connectivity index (χ2n) is 5.31. The van der Waals surface area contributed by atoms with Crippen molar-refractivity contribution in [2.24, 2.45) is 5.41 Å². The second-order valence-corrected chi connectivity index (χ2v) is 5.31. The predicted octanol–water partition coefficient (Wildman–Crippen LogP) is 2.18. The fraction of sp³-hybridized carbons (Fsp3) is 0.267. The maximum Gasteiger partial charge on any atom is 0.310 e. The van der Waals surface area contributed by atoms with E-state index in [0.717, 1.165) is 5.56 Å². The highest BCUT2D eigenvalue weighted by molar-refractivity contribution is 5.94. The molecule has 0 aliphatic carbocycles. The highest BCUT2D eigenvalue weighted by atomic mass is 16.4. The molecule has 21 heavy (non-hydrogen) atoms. The fourth-order valence-electron chi connectivity index (χ4n) is 1.62. The molecular formula is C15H16N2O4. The molecule has 2 rings (SSSR count). The van der Waals surface area contributed by atoms with Gasteiger partial charge in [0.15, 0.2) is 12.2 Å². The molecule has 0 aliphatic rings. The van der Waals surface area contributed by atoms with Gasteiger partial charge in [-0.05, 0) is 26.0 Å². The summed E-state index contributed by atoms with van der Waals surface area (Å²) in [5.41, 5.74) is 0.268. The van der Waals surface area contributed by atoms with E-state index in [1.165, 1.54) is 6.39 Å². The Bertz CT molecular complexity index is 630. The van der Waals surface area contributed by atoms with Crippen LogP contribution in [-0.2, 0) is 4.79 Å². The number of aliphatic carboxylic acids is 1. The number of hydrogen-bond donors (Lipinski definition) is 2. The van der Waals surface area contributed by atoms with Crippen LogP contribution in [0.2, 0.25) is 0 Å². The van der Waals surface area contributed by atoms with Gasteiger partial charge in [0.1, 0.15) is 0 Å². The molecule has 6 heteroatoms. The van der Waals surface area contributed by atoms with Crippen LogP contribution in [0, 0.1) is 5.41 Å². The molecule has 6 nitrogen and oxygen atoms in total. The van der Waals surface area contributed by atoms with E-state index in [1.54, 1.807) is 44.3 Å². The standard InChI is InChI=1S/C15H16N2O4/c1-15(2,14(19)20)8-17-13(18)11-5-3-10(4-6-11)12-7-16-9-21-12/h3-7,9H,8H2,1-2H3,(H,17,18)(H,19,20). The number of hydrogen-bond acceptors (Lipinski definition) is 4. The molecule has 0 bridgehead atoms. The molecule has 1 aromatic carbocycles. The number of carbonyl (C=O) groups excluding carboxylic acids is 1. The lowest BCUT2D eigenvalue weighted by atomic mass is 9.94. The van der Waals surface area contributed by atoms with Gasteiger partial charge in [-0.25, -0.2) is 4.98 Å². The zero-order valence-corrected chi connectivity index (χ0v) is 11.8. The van der Waals surface area contributed by atoms with Gasteiger partial charge in [0.2, 0.25) is 0 Å². The van der Waals surface area contributed by atoms with E-state index in [0.29, 0.717) is 11.3 Å². The Kier molecular flexibility index (Phi) is 4.07. The largest absolute Gasteiger partial charge is 0.481 e. The Hall–Kier alpha value is -2.63. The predicted molar refractivity (Wildman–Crippen MR) is 75.7 cm³/mol. The Labute approximate surface area is 121 Å². The van der Waals surface area contributed by atoms with E-state index in [4.69, 9.17) is 9.52 Å². The van der Waals surface area contributed by atoms with Crippen molar-refractivity contribution in [3.8, 4) is 11.3 Å². The third kappa shape index (κ3) is 3.47. The van der Waals surface area contributed by atoms with E-state index in [2.05, 4.69) is 10.3 Å². The van der Waals surface area contributed by atoms with Crippen LogP contribution in [-0.4, -0.2) is 28.5 Å². The van der Waals surface area contributed by atoms with Crippen LogP contribution in [0.3, 0.4) is 0 Å². The number of aromatic nitrogens is 1. The van der Waals surface area contributed by atoms with Gasteiger partial charge in [-0.2, -0.15) is 0 Å². The van der Waals surface area contributed by atoms with Crippen molar-refractivity contribution in [2.45, 2.75) is 13.8 Å². The molecule has 1 aromatic heterocycles. The molecule has 2 aromatic rings. The summed E-state index contributed by atoms with van der Waals surface area (Å²) in [6.07, 6.45) is 2.92. The van der Waals surface area contributed by atoms with Crippen molar-refractivity contribution in [2.75, 3.05) is 6.54 Å². The Balaban J connectivity index is 2.02. The topological polar surface area (TPSA) is 92.4 Å². The molecule has 110 valence electrons. The van der Waals surface area contributed by atoms with Crippen molar-refractivity contribution in [3.63, 3.8) is 0 Å². The lowest BCUT2D eigenvalue weighted by molar-refractivity contribution is -0.146. The summed E-state index contributed by atoms with van der Waals surface area (Å²) in [6.45, 7) is 3.18. The van der Waals surface area contributed by atoms with Gasteiger partial charge in [0.25, 0.3) is 5.91 Å². The second kappa shape index (κ2) is 5.78. The molecule has 0 atom stereocenters. The number of nitrogens with one attached hydrogen (secondary N) is 1. The fourth-order valence-corrected chi connectivity index (χ4v) is 1.62. The molecule has 0 radical (unpaired) electrons. The van der Waals surface area contributed by atoms with Crippen LogP contribution in [0.4, 0.5) is 0 Å². The summed E-state index contributed by atoms with van der Waals surface area (Å²) in [5.74, 6) is -0.647. The smallest absolute Gasteiger partial charge is 0.310 e. The summed E-state index contributed by atoms with van der Waals surface area (Å²) < 4.78 is 5.16. The van der Waals surface area contributed by atoms with Gasteiger partial charge in [0.05, 0.1) is 11.6 Å². The maximum atomic E-state index is 12.0. The van der Waals surface area contributed by atoms with Crippen molar-refractivity contribution in [3.05, 3.63) is 42.4 Å². The summed E-state index contributed by atoms with van der Waals surface area (Å²) in [5, 5.41) is 11.6. The first kappa shape index (κ1) is 14.8. The number of carboxylic acid groups (broad SMARTS) is 1. The van der Waals surface area contributed by atoms with Crippen molar-refractivity contribution < 1.29 is 19.1 Å². The van der Waals surface area contributed by atoms with Crippen molar-refractivity contribution in [1.29, 1.82) is 0 Å². The number of carbonyl (C=O) groups is 2. The maximum absolute atomic E-state index is 12.0. The van der Waals surface area contributed by atoms with Crippen molar-refractivity contribution >= 4 is 11.9 Å². The molecule has 1 heterocycles. The monoisotopic (exact) mass is 288 g/mol. The number of rotatable bonds is 5. The zero-order valence-electron chi connectivity index (χ0n) is 11.8. The van der Waals surface area contributed by atoms with Gasteiger partial charge in [-0.15, -0.1) is 0 Å². The number of nitrogens with zero attached hydrogens (tertiary/aromatic N) is 1. The molecule has 0 spiro atoms. The van der Waals surface area contributed by atoms with E-state index in [9.17, 15) is 9.59 Å². The average Bonchev–Trinajstić information content (AvgIpc) is 2.99. The molecule has 1 amide bonds. The first-order valence-corrected chi connectivity index (χ1v) is 6.41. The van der Waals surface area contributed by atoms with Gasteiger partial charge >= 0.3 is 5.97 Å². The van der Waals surface area contributed by atoms with Crippen LogP contribution in [0.25, 0.3) is 11.3 Å². The third-order valence-electron chi connectivity index (χ3n) is 3.13.